The van der Waals surface area contributed by atoms with Crippen molar-refractivity contribution in [3.8, 4) is 0 Å². The molecule has 2 N–H and O–H groups in total. The van der Waals surface area contributed by atoms with Crippen LogP contribution >= 0.6 is 0 Å². The van der Waals surface area contributed by atoms with Gasteiger partial charge in [-0.25, -0.2) is 0 Å². The van der Waals surface area contributed by atoms with Gasteiger partial charge in [-0.1, -0.05) is 31.1 Å². The number of oxime groups is 1. The van der Waals surface area contributed by atoms with E-state index in [4.69, 9.17) is 4.84 Å². The molecule has 6 nitrogen and oxygen atoms in total. The predicted octanol–water partition coefficient (Wildman–Crippen LogP) is 1.91. The number of amides is 2. The van der Waals surface area contributed by atoms with Crippen molar-refractivity contribution < 1.29 is 14.4 Å². The molecule has 2 amide bonds. The third kappa shape index (κ3) is 4.31. The second kappa shape index (κ2) is 7.06. The molecule has 0 saturated carbocycles. The van der Waals surface area contributed by atoms with Gasteiger partial charge < -0.3 is 15.5 Å². The standard InChI is InChI=1S/C16H21N3O3/c1-10(2)9-17-16(21)15-8-14(19-22-15)12-4-6-13(7-5-12)18-11(3)20/h4-7,10,15H,8-9H2,1-3H3,(H,17,21)(H,18,20). The van der Waals surface area contributed by atoms with Gasteiger partial charge in [0.1, 0.15) is 0 Å². The van der Waals surface area contributed by atoms with Crippen LogP contribution in [-0.2, 0) is 14.4 Å². The van der Waals surface area contributed by atoms with Crippen LogP contribution in [0.5, 0.6) is 0 Å². The van der Waals surface area contributed by atoms with Gasteiger partial charge in [0.2, 0.25) is 12.0 Å². The Hall–Kier alpha value is -2.37. The zero-order valence-corrected chi connectivity index (χ0v) is 13.1. The molecule has 1 aromatic carbocycles. The molecule has 0 radical (unpaired) electrons. The lowest BCUT2D eigenvalue weighted by atomic mass is 10.0. The highest BCUT2D eigenvalue weighted by atomic mass is 16.6. The minimum atomic E-state index is -0.566. The van der Waals surface area contributed by atoms with Crippen LogP contribution in [0.25, 0.3) is 0 Å². The summed E-state index contributed by atoms with van der Waals surface area (Å²) in [5, 5.41) is 9.54. The summed E-state index contributed by atoms with van der Waals surface area (Å²) >= 11 is 0. The van der Waals surface area contributed by atoms with Gasteiger partial charge in [0.25, 0.3) is 5.91 Å². The SMILES string of the molecule is CC(=O)Nc1ccc(C2=NOC(C(=O)NCC(C)C)C2)cc1. The fourth-order valence-electron chi connectivity index (χ4n) is 2.06. The molecule has 0 saturated heterocycles. The molecule has 0 aromatic heterocycles. The first-order valence-electron chi connectivity index (χ1n) is 7.34. The fraction of sp³-hybridized carbons (Fsp3) is 0.438. The summed E-state index contributed by atoms with van der Waals surface area (Å²) in [4.78, 5) is 28.1. The van der Waals surface area contributed by atoms with Crippen LogP contribution in [0, 0.1) is 5.92 Å². The number of hydrogen-bond acceptors (Lipinski definition) is 4. The number of carbonyl (C=O) groups is 2. The van der Waals surface area contributed by atoms with Gasteiger partial charge in [-0.15, -0.1) is 0 Å². The molecule has 0 fully saturated rings. The number of benzene rings is 1. The van der Waals surface area contributed by atoms with Gasteiger partial charge in [0.15, 0.2) is 0 Å². The van der Waals surface area contributed by atoms with E-state index in [0.29, 0.717) is 18.9 Å². The summed E-state index contributed by atoms with van der Waals surface area (Å²) in [5.41, 5.74) is 2.34. The molecule has 0 aliphatic carbocycles. The van der Waals surface area contributed by atoms with Gasteiger partial charge in [-0.3, -0.25) is 9.59 Å². The minimum Gasteiger partial charge on any atom is -0.382 e. The normalized spacial score (nSPS) is 16.9. The summed E-state index contributed by atoms with van der Waals surface area (Å²) < 4.78 is 0. The van der Waals surface area contributed by atoms with Gasteiger partial charge in [-0.05, 0) is 23.6 Å². The van der Waals surface area contributed by atoms with Crippen LogP contribution in [0.15, 0.2) is 29.4 Å². The number of nitrogens with one attached hydrogen (secondary N) is 2. The summed E-state index contributed by atoms with van der Waals surface area (Å²) in [6.45, 7) is 6.16. The average Bonchev–Trinajstić information content (AvgIpc) is 2.94. The van der Waals surface area contributed by atoms with Crippen LogP contribution in [-0.4, -0.2) is 30.2 Å². The number of carbonyl (C=O) groups excluding carboxylic acids is 2. The molecular formula is C16H21N3O3. The van der Waals surface area contributed by atoms with E-state index in [-0.39, 0.29) is 11.8 Å². The smallest absolute Gasteiger partial charge is 0.264 e. The molecule has 0 bridgehead atoms. The zero-order valence-electron chi connectivity index (χ0n) is 13.1. The molecule has 1 aliphatic rings. The summed E-state index contributed by atoms with van der Waals surface area (Å²) in [6.07, 6.45) is -0.118. The average molecular weight is 303 g/mol. The van der Waals surface area contributed by atoms with Crippen molar-refractivity contribution in [2.75, 3.05) is 11.9 Å². The number of nitrogens with zero attached hydrogens (tertiary/aromatic N) is 1. The highest BCUT2D eigenvalue weighted by Gasteiger charge is 2.28. The Morgan fingerprint density at radius 1 is 1.32 bits per heavy atom. The maximum Gasteiger partial charge on any atom is 0.264 e. The Kier molecular flexibility index (Phi) is 5.14. The molecule has 1 aromatic rings. The first kappa shape index (κ1) is 16.0. The Balaban J connectivity index is 1.92. The second-order valence-electron chi connectivity index (χ2n) is 5.73. The monoisotopic (exact) mass is 303 g/mol. The lowest BCUT2D eigenvalue weighted by molar-refractivity contribution is -0.131. The fourth-order valence-corrected chi connectivity index (χ4v) is 2.06. The molecule has 1 heterocycles. The molecule has 1 unspecified atom stereocenters. The van der Waals surface area contributed by atoms with E-state index < -0.39 is 6.10 Å². The minimum absolute atomic E-state index is 0.115. The third-order valence-corrected chi connectivity index (χ3v) is 3.18. The van der Waals surface area contributed by atoms with Crippen LogP contribution < -0.4 is 10.6 Å². The van der Waals surface area contributed by atoms with E-state index in [0.717, 1.165) is 17.0 Å². The largest absolute Gasteiger partial charge is 0.382 e. The molecule has 6 heteroatoms. The number of hydrogen-bond donors (Lipinski definition) is 2. The van der Waals surface area contributed by atoms with Crippen molar-refractivity contribution in [1.29, 1.82) is 0 Å². The van der Waals surface area contributed by atoms with Crippen molar-refractivity contribution in [3.05, 3.63) is 29.8 Å². The van der Waals surface area contributed by atoms with Crippen LogP contribution in [0.1, 0.15) is 32.8 Å². The zero-order chi connectivity index (χ0) is 16.1. The van der Waals surface area contributed by atoms with Gasteiger partial charge in [0, 0.05) is 25.6 Å². The van der Waals surface area contributed by atoms with Crippen molar-refractivity contribution in [2.45, 2.75) is 33.3 Å². The molecule has 2 rings (SSSR count). The van der Waals surface area contributed by atoms with Crippen LogP contribution in [0.2, 0.25) is 0 Å². The van der Waals surface area contributed by atoms with Crippen molar-refractivity contribution in [1.82, 2.24) is 5.32 Å². The summed E-state index contributed by atoms with van der Waals surface area (Å²) in [6, 6.07) is 7.29. The van der Waals surface area contributed by atoms with E-state index >= 15 is 0 Å². The highest BCUT2D eigenvalue weighted by Crippen LogP contribution is 2.18. The van der Waals surface area contributed by atoms with Crippen molar-refractivity contribution in [2.24, 2.45) is 11.1 Å². The second-order valence-corrected chi connectivity index (χ2v) is 5.73. The lowest BCUT2D eigenvalue weighted by Gasteiger charge is -2.11. The Bertz CT molecular complexity index is 579. The van der Waals surface area contributed by atoms with E-state index in [1.807, 2.05) is 26.0 Å². The lowest BCUT2D eigenvalue weighted by Crippen LogP contribution is -2.36. The van der Waals surface area contributed by atoms with Crippen LogP contribution in [0.3, 0.4) is 0 Å². The van der Waals surface area contributed by atoms with E-state index in [9.17, 15) is 9.59 Å². The molecule has 0 spiro atoms. The quantitative estimate of drug-likeness (QED) is 0.872. The molecule has 1 aliphatic heterocycles. The van der Waals surface area contributed by atoms with E-state index in [2.05, 4.69) is 15.8 Å². The van der Waals surface area contributed by atoms with Gasteiger partial charge >= 0.3 is 0 Å². The van der Waals surface area contributed by atoms with Gasteiger partial charge in [-0.2, -0.15) is 0 Å². The predicted molar refractivity (Wildman–Crippen MR) is 84.6 cm³/mol. The number of anilines is 1. The summed E-state index contributed by atoms with van der Waals surface area (Å²) in [7, 11) is 0. The van der Waals surface area contributed by atoms with Crippen molar-refractivity contribution >= 4 is 23.2 Å². The molecule has 1 atom stereocenters. The maximum absolute atomic E-state index is 11.9. The van der Waals surface area contributed by atoms with E-state index in [1.165, 1.54) is 6.92 Å². The van der Waals surface area contributed by atoms with Crippen LogP contribution in [0.4, 0.5) is 5.69 Å². The maximum atomic E-state index is 11.9. The Morgan fingerprint density at radius 2 is 2.00 bits per heavy atom. The van der Waals surface area contributed by atoms with Gasteiger partial charge in [0.05, 0.1) is 5.71 Å². The summed E-state index contributed by atoms with van der Waals surface area (Å²) in [5.74, 6) is 0.144. The first-order chi connectivity index (χ1) is 10.5. The Labute approximate surface area is 129 Å². The van der Waals surface area contributed by atoms with Crippen molar-refractivity contribution in [3.63, 3.8) is 0 Å². The first-order valence-corrected chi connectivity index (χ1v) is 7.34. The number of rotatable bonds is 5. The highest BCUT2D eigenvalue weighted by molar-refractivity contribution is 6.04. The molecule has 22 heavy (non-hydrogen) atoms. The van der Waals surface area contributed by atoms with E-state index in [1.54, 1.807) is 12.1 Å². The molecule has 118 valence electrons. The molecular weight excluding hydrogens is 282 g/mol. The topological polar surface area (TPSA) is 79.8 Å². The third-order valence-electron chi connectivity index (χ3n) is 3.18. The Morgan fingerprint density at radius 3 is 2.59 bits per heavy atom.